The molecule has 0 aromatic carbocycles. The van der Waals surface area contributed by atoms with Crippen LogP contribution in [0.3, 0.4) is 0 Å². The van der Waals surface area contributed by atoms with Gasteiger partial charge >= 0.3 is 0 Å². The number of aromatic nitrogens is 1. The highest BCUT2D eigenvalue weighted by Gasteiger charge is 2.11. The van der Waals surface area contributed by atoms with E-state index in [0.29, 0.717) is 0 Å². The second kappa shape index (κ2) is 2.98. The molecule has 0 aliphatic heterocycles. The van der Waals surface area contributed by atoms with Gasteiger partial charge in [0, 0.05) is 17.5 Å². The van der Waals surface area contributed by atoms with Gasteiger partial charge in [0.2, 0.25) is 0 Å². The van der Waals surface area contributed by atoms with Crippen molar-refractivity contribution in [3.8, 4) is 0 Å². The number of hydrogen-bond donors (Lipinski definition) is 0. The fourth-order valence-electron chi connectivity index (χ4n) is 1.92. The molecule has 0 spiro atoms. The molecule has 0 saturated carbocycles. The lowest BCUT2D eigenvalue weighted by atomic mass is 10.1. The first kappa shape index (κ1) is 9.00. The maximum Gasteiger partial charge on any atom is 0.162 e. The number of nitrogens with zero attached hydrogens (tertiary/aromatic N) is 1. The SMILES string of the molecule is CC(=O)c1c(C)cn2c(C)cccc12. The number of fused-ring (bicyclic) bond motifs is 1. The summed E-state index contributed by atoms with van der Waals surface area (Å²) in [6, 6.07) is 6.00. The van der Waals surface area contributed by atoms with E-state index in [9.17, 15) is 4.79 Å². The molecule has 0 atom stereocenters. The van der Waals surface area contributed by atoms with Gasteiger partial charge < -0.3 is 4.40 Å². The lowest BCUT2D eigenvalue weighted by molar-refractivity contribution is 0.101. The van der Waals surface area contributed by atoms with Gasteiger partial charge in [0.05, 0.1) is 5.52 Å². The van der Waals surface area contributed by atoms with Crippen molar-refractivity contribution in [1.82, 2.24) is 4.40 Å². The average molecular weight is 187 g/mol. The minimum atomic E-state index is 0.135. The normalized spacial score (nSPS) is 10.8. The van der Waals surface area contributed by atoms with E-state index < -0.39 is 0 Å². The van der Waals surface area contributed by atoms with Crippen LogP contribution in [0.1, 0.15) is 28.5 Å². The van der Waals surface area contributed by atoms with E-state index in [-0.39, 0.29) is 5.78 Å². The smallest absolute Gasteiger partial charge is 0.162 e. The number of pyridine rings is 1. The van der Waals surface area contributed by atoms with E-state index in [1.807, 2.05) is 38.2 Å². The van der Waals surface area contributed by atoms with Gasteiger partial charge in [0.15, 0.2) is 5.78 Å². The van der Waals surface area contributed by atoms with Crippen molar-refractivity contribution < 1.29 is 4.79 Å². The molecule has 2 aromatic rings. The average Bonchev–Trinajstić information content (AvgIpc) is 2.42. The van der Waals surface area contributed by atoms with Gasteiger partial charge in [-0.05, 0) is 38.5 Å². The van der Waals surface area contributed by atoms with E-state index in [1.54, 1.807) is 6.92 Å². The Balaban J connectivity index is 2.90. The number of carbonyl (C=O) groups excluding carboxylic acids is 1. The van der Waals surface area contributed by atoms with Gasteiger partial charge in [0.25, 0.3) is 0 Å². The summed E-state index contributed by atoms with van der Waals surface area (Å²) >= 11 is 0. The van der Waals surface area contributed by atoms with Crippen molar-refractivity contribution in [1.29, 1.82) is 0 Å². The Bertz CT molecular complexity index is 508. The minimum absolute atomic E-state index is 0.135. The summed E-state index contributed by atoms with van der Waals surface area (Å²) in [5, 5.41) is 0. The lowest BCUT2D eigenvalue weighted by Gasteiger charge is -2.00. The summed E-state index contributed by atoms with van der Waals surface area (Å²) in [6.45, 7) is 5.63. The van der Waals surface area contributed by atoms with E-state index >= 15 is 0 Å². The fraction of sp³-hybridized carbons (Fsp3) is 0.250. The van der Waals surface area contributed by atoms with Gasteiger partial charge in [-0.2, -0.15) is 0 Å². The molecule has 0 aliphatic rings. The van der Waals surface area contributed by atoms with Gasteiger partial charge in [0.1, 0.15) is 0 Å². The van der Waals surface area contributed by atoms with E-state index in [4.69, 9.17) is 0 Å². The zero-order valence-electron chi connectivity index (χ0n) is 8.66. The third-order valence-corrected chi connectivity index (χ3v) is 2.56. The third-order valence-electron chi connectivity index (χ3n) is 2.56. The molecule has 0 N–H and O–H groups in total. The Morgan fingerprint density at radius 1 is 1.29 bits per heavy atom. The van der Waals surface area contributed by atoms with Crippen LogP contribution in [0, 0.1) is 13.8 Å². The lowest BCUT2D eigenvalue weighted by Crippen LogP contribution is -1.94. The number of hydrogen-bond acceptors (Lipinski definition) is 1. The second-order valence-corrected chi connectivity index (χ2v) is 3.67. The molecular weight excluding hydrogens is 174 g/mol. The number of carbonyl (C=O) groups is 1. The zero-order valence-corrected chi connectivity index (χ0v) is 8.66. The second-order valence-electron chi connectivity index (χ2n) is 3.67. The van der Waals surface area contributed by atoms with Crippen LogP contribution in [0.5, 0.6) is 0 Å². The fourth-order valence-corrected chi connectivity index (χ4v) is 1.92. The van der Waals surface area contributed by atoms with Gasteiger partial charge in [-0.15, -0.1) is 0 Å². The molecule has 2 nitrogen and oxygen atoms in total. The maximum atomic E-state index is 11.4. The molecule has 72 valence electrons. The Kier molecular flexibility index (Phi) is 1.92. The molecule has 2 heterocycles. The molecule has 2 heteroatoms. The Hall–Kier alpha value is -1.57. The third kappa shape index (κ3) is 1.15. The zero-order chi connectivity index (χ0) is 10.3. The highest BCUT2D eigenvalue weighted by atomic mass is 16.1. The highest BCUT2D eigenvalue weighted by molar-refractivity contribution is 6.02. The molecule has 0 bridgehead atoms. The molecular formula is C12H13NO. The Morgan fingerprint density at radius 2 is 2.00 bits per heavy atom. The predicted octanol–water partition coefficient (Wildman–Crippen LogP) is 2.76. The largest absolute Gasteiger partial charge is 0.320 e. The van der Waals surface area contributed by atoms with Crippen LogP contribution in [-0.4, -0.2) is 10.2 Å². The number of Topliss-reactive ketones (excluding diaryl/α,β-unsaturated/α-hetero) is 1. The number of aryl methyl sites for hydroxylation is 2. The standard InChI is InChI=1S/C12H13NO/c1-8-7-13-9(2)5-4-6-11(13)12(8)10(3)14/h4-7H,1-3H3. The molecule has 0 saturated heterocycles. The first-order valence-corrected chi connectivity index (χ1v) is 4.69. The predicted molar refractivity (Wildman–Crippen MR) is 56.9 cm³/mol. The topological polar surface area (TPSA) is 21.5 Å². The van der Waals surface area contributed by atoms with Crippen molar-refractivity contribution >= 4 is 11.3 Å². The summed E-state index contributed by atoms with van der Waals surface area (Å²) in [5.41, 5.74) is 4.05. The summed E-state index contributed by atoms with van der Waals surface area (Å²) in [7, 11) is 0. The molecule has 2 rings (SSSR count). The van der Waals surface area contributed by atoms with Crippen molar-refractivity contribution in [3.63, 3.8) is 0 Å². The number of ketones is 1. The molecule has 14 heavy (non-hydrogen) atoms. The van der Waals surface area contributed by atoms with Crippen LogP contribution < -0.4 is 0 Å². The van der Waals surface area contributed by atoms with Crippen molar-refractivity contribution in [3.05, 3.63) is 41.2 Å². The van der Waals surface area contributed by atoms with Crippen molar-refractivity contribution in [2.24, 2.45) is 0 Å². The Labute approximate surface area is 83.2 Å². The van der Waals surface area contributed by atoms with E-state index in [2.05, 4.69) is 4.40 Å². The van der Waals surface area contributed by atoms with Crippen LogP contribution in [0.4, 0.5) is 0 Å². The van der Waals surface area contributed by atoms with Crippen LogP contribution in [0.2, 0.25) is 0 Å². The summed E-state index contributed by atoms with van der Waals surface area (Å²) in [5.74, 6) is 0.135. The van der Waals surface area contributed by atoms with E-state index in [1.165, 1.54) is 0 Å². The van der Waals surface area contributed by atoms with Crippen molar-refractivity contribution in [2.45, 2.75) is 20.8 Å². The van der Waals surface area contributed by atoms with Gasteiger partial charge in [-0.25, -0.2) is 0 Å². The Morgan fingerprint density at radius 3 is 2.64 bits per heavy atom. The summed E-state index contributed by atoms with van der Waals surface area (Å²) < 4.78 is 2.06. The molecule has 0 aliphatic carbocycles. The van der Waals surface area contributed by atoms with Crippen molar-refractivity contribution in [2.75, 3.05) is 0 Å². The first-order chi connectivity index (χ1) is 6.61. The van der Waals surface area contributed by atoms with Gasteiger partial charge in [-0.1, -0.05) is 6.07 Å². The van der Waals surface area contributed by atoms with Crippen LogP contribution >= 0.6 is 0 Å². The molecule has 0 unspecified atom stereocenters. The molecule has 0 amide bonds. The minimum Gasteiger partial charge on any atom is -0.320 e. The summed E-state index contributed by atoms with van der Waals surface area (Å²) in [6.07, 6.45) is 2.02. The first-order valence-electron chi connectivity index (χ1n) is 4.69. The maximum absolute atomic E-state index is 11.4. The summed E-state index contributed by atoms with van der Waals surface area (Å²) in [4.78, 5) is 11.4. The monoisotopic (exact) mass is 187 g/mol. The van der Waals surface area contributed by atoms with Crippen LogP contribution in [0.15, 0.2) is 24.4 Å². The quantitative estimate of drug-likeness (QED) is 0.629. The van der Waals surface area contributed by atoms with Crippen LogP contribution in [0.25, 0.3) is 5.52 Å². The number of rotatable bonds is 1. The molecule has 2 aromatic heterocycles. The van der Waals surface area contributed by atoms with E-state index in [0.717, 1.165) is 22.3 Å². The highest BCUT2D eigenvalue weighted by Crippen LogP contribution is 2.19. The molecule has 0 fully saturated rings. The molecule has 0 radical (unpaired) electrons. The van der Waals surface area contributed by atoms with Crippen LogP contribution in [-0.2, 0) is 0 Å². The van der Waals surface area contributed by atoms with Gasteiger partial charge in [-0.3, -0.25) is 4.79 Å².